The van der Waals surface area contributed by atoms with E-state index in [0.717, 1.165) is 44.9 Å². The summed E-state index contributed by atoms with van der Waals surface area (Å²) in [5.41, 5.74) is 1.40. The first-order valence-corrected chi connectivity index (χ1v) is 10.00. The Labute approximate surface area is 151 Å². The van der Waals surface area contributed by atoms with E-state index in [1.165, 1.54) is 5.57 Å². The van der Waals surface area contributed by atoms with Crippen molar-refractivity contribution in [2.75, 3.05) is 0 Å². The van der Waals surface area contributed by atoms with E-state index in [4.69, 9.17) is 6.42 Å². The number of terminal acetylenes is 1. The van der Waals surface area contributed by atoms with E-state index < -0.39 is 0 Å². The number of allylic oxidation sites excluding steroid dienone is 1. The summed E-state index contributed by atoms with van der Waals surface area (Å²) in [5, 5.41) is 0. The van der Waals surface area contributed by atoms with Crippen LogP contribution in [0.5, 0.6) is 0 Å². The molecule has 3 saturated carbocycles. The van der Waals surface area contributed by atoms with Crippen molar-refractivity contribution in [3.63, 3.8) is 0 Å². The van der Waals surface area contributed by atoms with E-state index in [2.05, 4.69) is 19.8 Å². The van der Waals surface area contributed by atoms with Crippen LogP contribution >= 0.6 is 0 Å². The second kappa shape index (κ2) is 5.32. The first-order valence-electron chi connectivity index (χ1n) is 10.00. The standard InChI is InChI=1S/C23H30O2/c1-5-23-13-8-16-14-17(25)9-11-21(16,3)20(23)10-12-22(4)18(15(2)24)6-7-19(22)23/h1,14,18-20H,6-13H2,2-4H3/t18-,19-,20-,21+,22-,23+/m1/s1. The fourth-order valence-electron chi connectivity index (χ4n) is 7.63. The van der Waals surface area contributed by atoms with Crippen LogP contribution in [0.3, 0.4) is 0 Å². The maximum Gasteiger partial charge on any atom is 0.155 e. The maximum absolute atomic E-state index is 12.3. The van der Waals surface area contributed by atoms with Crippen molar-refractivity contribution >= 4 is 11.6 Å². The molecule has 4 rings (SSSR count). The molecule has 0 radical (unpaired) electrons. The largest absolute Gasteiger partial charge is 0.300 e. The van der Waals surface area contributed by atoms with Gasteiger partial charge >= 0.3 is 0 Å². The number of carbonyl (C=O) groups excluding carboxylic acids is 2. The molecular weight excluding hydrogens is 308 g/mol. The third kappa shape index (κ3) is 2.05. The molecular formula is C23H30O2. The van der Waals surface area contributed by atoms with Gasteiger partial charge in [-0.2, -0.15) is 0 Å². The van der Waals surface area contributed by atoms with Crippen molar-refractivity contribution in [1.82, 2.24) is 0 Å². The zero-order chi connectivity index (χ0) is 18.0. The van der Waals surface area contributed by atoms with Crippen LogP contribution < -0.4 is 0 Å². The van der Waals surface area contributed by atoms with Gasteiger partial charge in [0.1, 0.15) is 5.78 Å². The third-order valence-electron chi connectivity index (χ3n) is 8.85. The topological polar surface area (TPSA) is 34.1 Å². The average molecular weight is 338 g/mol. The normalized spacial score (nSPS) is 48.6. The molecule has 0 bridgehead atoms. The van der Waals surface area contributed by atoms with Crippen molar-refractivity contribution in [3.05, 3.63) is 11.6 Å². The van der Waals surface area contributed by atoms with Crippen LogP contribution in [0.25, 0.3) is 0 Å². The first kappa shape index (κ1) is 17.1. The highest BCUT2D eigenvalue weighted by molar-refractivity contribution is 5.91. The van der Waals surface area contributed by atoms with Gasteiger partial charge in [0.05, 0.1) is 0 Å². The molecule has 2 nitrogen and oxygen atoms in total. The van der Waals surface area contributed by atoms with E-state index in [1.807, 2.05) is 6.08 Å². The zero-order valence-corrected chi connectivity index (χ0v) is 15.9. The summed E-state index contributed by atoms with van der Waals surface area (Å²) in [6.45, 7) is 6.47. The molecule has 134 valence electrons. The van der Waals surface area contributed by atoms with Gasteiger partial charge in [-0.1, -0.05) is 25.3 Å². The van der Waals surface area contributed by atoms with Crippen LogP contribution in [0.2, 0.25) is 0 Å². The SMILES string of the molecule is C#C[C@@]12CCC3=CC(=O)CC[C@]3(C)[C@H]1CC[C@]1(C)[C@@H](C(C)=O)CC[C@H]12. The summed E-state index contributed by atoms with van der Waals surface area (Å²) >= 11 is 0. The van der Waals surface area contributed by atoms with Gasteiger partial charge in [0, 0.05) is 17.8 Å². The van der Waals surface area contributed by atoms with Gasteiger partial charge in [0.15, 0.2) is 5.78 Å². The van der Waals surface area contributed by atoms with Crippen LogP contribution in [0, 0.1) is 46.3 Å². The number of rotatable bonds is 1. The lowest BCUT2D eigenvalue weighted by atomic mass is 9.40. The summed E-state index contributed by atoms with van der Waals surface area (Å²) in [7, 11) is 0. The van der Waals surface area contributed by atoms with Crippen molar-refractivity contribution in [3.8, 4) is 12.3 Å². The molecule has 0 aliphatic heterocycles. The predicted molar refractivity (Wildman–Crippen MR) is 98.7 cm³/mol. The lowest BCUT2D eigenvalue weighted by Crippen LogP contribution is -2.57. The Morgan fingerprint density at radius 2 is 1.88 bits per heavy atom. The fraction of sp³-hybridized carbons (Fsp3) is 0.739. The Kier molecular flexibility index (Phi) is 3.63. The Bertz CT molecular complexity index is 710. The number of hydrogen-bond donors (Lipinski definition) is 0. The van der Waals surface area contributed by atoms with E-state index in [0.29, 0.717) is 29.8 Å². The summed E-state index contributed by atoms with van der Waals surface area (Å²) in [5.74, 6) is 5.06. The fourth-order valence-corrected chi connectivity index (χ4v) is 7.63. The molecule has 0 heterocycles. The highest BCUT2D eigenvalue weighted by Crippen LogP contribution is 2.71. The van der Waals surface area contributed by atoms with E-state index >= 15 is 0 Å². The zero-order valence-electron chi connectivity index (χ0n) is 15.9. The van der Waals surface area contributed by atoms with E-state index in [1.54, 1.807) is 6.92 Å². The molecule has 6 atom stereocenters. The van der Waals surface area contributed by atoms with Gasteiger partial charge in [0.25, 0.3) is 0 Å². The number of hydrogen-bond acceptors (Lipinski definition) is 2. The van der Waals surface area contributed by atoms with E-state index in [9.17, 15) is 9.59 Å². The number of fused-ring (bicyclic) bond motifs is 5. The van der Waals surface area contributed by atoms with Crippen molar-refractivity contribution in [2.45, 2.75) is 72.1 Å². The van der Waals surface area contributed by atoms with Crippen LogP contribution in [-0.2, 0) is 9.59 Å². The number of carbonyl (C=O) groups is 2. The first-order chi connectivity index (χ1) is 11.8. The maximum atomic E-state index is 12.3. The minimum atomic E-state index is -0.0936. The molecule has 2 heteroatoms. The van der Waals surface area contributed by atoms with Gasteiger partial charge in [-0.15, -0.1) is 6.42 Å². The molecule has 3 fully saturated rings. The molecule has 0 N–H and O–H groups in total. The van der Waals surface area contributed by atoms with Gasteiger partial charge < -0.3 is 0 Å². The Morgan fingerprint density at radius 1 is 1.12 bits per heavy atom. The van der Waals surface area contributed by atoms with Gasteiger partial charge in [0.2, 0.25) is 0 Å². The lowest BCUT2D eigenvalue weighted by Gasteiger charge is -2.62. The smallest absolute Gasteiger partial charge is 0.155 e. The molecule has 0 spiro atoms. The number of ketones is 2. The summed E-state index contributed by atoms with van der Waals surface area (Å²) in [6.07, 6.45) is 16.1. The second-order valence-corrected chi connectivity index (χ2v) is 9.63. The van der Waals surface area contributed by atoms with Crippen molar-refractivity contribution < 1.29 is 9.59 Å². The summed E-state index contributed by atoms with van der Waals surface area (Å²) in [4.78, 5) is 24.3. The van der Waals surface area contributed by atoms with Gasteiger partial charge in [-0.3, -0.25) is 9.59 Å². The third-order valence-corrected chi connectivity index (χ3v) is 8.85. The highest BCUT2D eigenvalue weighted by Gasteiger charge is 2.65. The molecule has 0 aromatic rings. The minimum absolute atomic E-state index is 0.0662. The van der Waals surface area contributed by atoms with Gasteiger partial charge in [-0.05, 0) is 80.6 Å². The molecule has 0 saturated heterocycles. The van der Waals surface area contributed by atoms with Gasteiger partial charge in [-0.25, -0.2) is 0 Å². The molecule has 0 amide bonds. The van der Waals surface area contributed by atoms with E-state index in [-0.39, 0.29) is 22.2 Å². The van der Waals surface area contributed by atoms with Crippen molar-refractivity contribution in [1.29, 1.82) is 0 Å². The average Bonchev–Trinajstić information content (AvgIpc) is 2.93. The minimum Gasteiger partial charge on any atom is -0.300 e. The number of Topliss-reactive ketones (excluding diaryl/α,β-unsaturated/α-hetero) is 1. The molecule has 0 unspecified atom stereocenters. The Balaban J connectivity index is 1.79. The Morgan fingerprint density at radius 3 is 2.56 bits per heavy atom. The quantitative estimate of drug-likeness (QED) is 0.648. The molecule has 4 aliphatic rings. The molecule has 4 aliphatic carbocycles. The summed E-state index contributed by atoms with van der Waals surface area (Å²) < 4.78 is 0. The lowest BCUT2D eigenvalue weighted by molar-refractivity contribution is -0.133. The summed E-state index contributed by atoms with van der Waals surface area (Å²) in [6, 6.07) is 0. The highest BCUT2D eigenvalue weighted by atomic mass is 16.1. The van der Waals surface area contributed by atoms with Crippen LogP contribution in [0.4, 0.5) is 0 Å². The predicted octanol–water partition coefficient (Wildman–Crippen LogP) is 4.73. The van der Waals surface area contributed by atoms with Crippen LogP contribution in [0.15, 0.2) is 11.6 Å². The molecule has 0 aromatic heterocycles. The second-order valence-electron chi connectivity index (χ2n) is 9.63. The monoisotopic (exact) mass is 338 g/mol. The van der Waals surface area contributed by atoms with Crippen LogP contribution in [-0.4, -0.2) is 11.6 Å². The van der Waals surface area contributed by atoms with Crippen LogP contribution in [0.1, 0.15) is 72.1 Å². The van der Waals surface area contributed by atoms with Crippen molar-refractivity contribution in [2.24, 2.45) is 34.0 Å². The Hall–Kier alpha value is -1.36. The molecule has 25 heavy (non-hydrogen) atoms. The molecule has 0 aromatic carbocycles.